The third-order valence-corrected chi connectivity index (χ3v) is 5.18. The van der Waals surface area contributed by atoms with Crippen molar-refractivity contribution < 1.29 is 0 Å². The summed E-state index contributed by atoms with van der Waals surface area (Å²) in [6, 6.07) is 1.60. The second-order valence-corrected chi connectivity index (χ2v) is 8.20. The number of nitrogens with zero attached hydrogens (tertiary/aromatic N) is 2. The number of hydrogen-bond donors (Lipinski definition) is 1. The normalized spacial score (nSPS) is 27.1. The molecule has 0 amide bonds. The summed E-state index contributed by atoms with van der Waals surface area (Å²) in [5.41, 5.74) is 0.260. The van der Waals surface area contributed by atoms with Crippen LogP contribution in [-0.4, -0.2) is 60.1 Å². The van der Waals surface area contributed by atoms with E-state index in [1.165, 1.54) is 64.7 Å². The highest BCUT2D eigenvalue weighted by molar-refractivity contribution is 4.87. The van der Waals surface area contributed by atoms with Gasteiger partial charge in [0.15, 0.2) is 0 Å². The van der Waals surface area contributed by atoms with Crippen molar-refractivity contribution in [2.75, 3.05) is 32.7 Å². The molecule has 21 heavy (non-hydrogen) atoms. The summed E-state index contributed by atoms with van der Waals surface area (Å²) in [6.45, 7) is 15.7. The first-order valence-electron chi connectivity index (χ1n) is 9.19. The summed E-state index contributed by atoms with van der Waals surface area (Å²) in [5, 5.41) is 3.60. The monoisotopic (exact) mass is 295 g/mol. The maximum atomic E-state index is 3.60. The quantitative estimate of drug-likeness (QED) is 0.760. The highest BCUT2D eigenvalue weighted by atomic mass is 15.3. The van der Waals surface area contributed by atoms with Gasteiger partial charge in [-0.25, -0.2) is 0 Å². The molecule has 124 valence electrons. The van der Waals surface area contributed by atoms with E-state index in [4.69, 9.17) is 0 Å². The van der Waals surface area contributed by atoms with Crippen molar-refractivity contribution in [3.8, 4) is 0 Å². The van der Waals surface area contributed by atoms with Crippen LogP contribution >= 0.6 is 0 Å². The summed E-state index contributed by atoms with van der Waals surface area (Å²) in [5.74, 6) is 0. The Morgan fingerprint density at radius 2 is 1.81 bits per heavy atom. The van der Waals surface area contributed by atoms with Crippen molar-refractivity contribution in [1.29, 1.82) is 0 Å². The number of hydrogen-bond acceptors (Lipinski definition) is 3. The minimum absolute atomic E-state index is 0.260. The van der Waals surface area contributed by atoms with Crippen LogP contribution in [0.25, 0.3) is 0 Å². The fraction of sp³-hybridized carbons (Fsp3) is 1.00. The summed E-state index contributed by atoms with van der Waals surface area (Å²) in [7, 11) is 0. The molecule has 3 nitrogen and oxygen atoms in total. The first-order valence-corrected chi connectivity index (χ1v) is 9.19. The lowest BCUT2D eigenvalue weighted by molar-refractivity contribution is 0.152. The molecule has 0 bridgehead atoms. The molecule has 2 rings (SSSR count). The molecule has 2 saturated heterocycles. The summed E-state index contributed by atoms with van der Waals surface area (Å²) < 4.78 is 0. The predicted molar refractivity (Wildman–Crippen MR) is 91.9 cm³/mol. The Morgan fingerprint density at radius 1 is 1.10 bits per heavy atom. The number of rotatable bonds is 6. The first kappa shape index (κ1) is 17.2. The van der Waals surface area contributed by atoms with Crippen LogP contribution in [-0.2, 0) is 0 Å². The van der Waals surface area contributed by atoms with Crippen molar-refractivity contribution in [2.45, 2.75) is 83.8 Å². The fourth-order valence-corrected chi connectivity index (χ4v) is 3.79. The summed E-state index contributed by atoms with van der Waals surface area (Å²) in [4.78, 5) is 5.49. The molecule has 0 aromatic heterocycles. The number of nitrogens with one attached hydrogen (secondary N) is 1. The van der Waals surface area contributed by atoms with Gasteiger partial charge in [0.1, 0.15) is 0 Å². The maximum absolute atomic E-state index is 3.60. The predicted octanol–water partition coefficient (Wildman–Crippen LogP) is 3.10. The zero-order valence-electron chi connectivity index (χ0n) is 14.8. The molecule has 0 aromatic rings. The standard InChI is InChI=1S/C18H37N3/c1-16(9-8-11-19-18(2,3)4)21-14-10-17(15-21)20-12-6-5-7-13-20/h16-17,19H,5-15H2,1-4H3. The van der Waals surface area contributed by atoms with E-state index in [0.29, 0.717) is 0 Å². The summed E-state index contributed by atoms with van der Waals surface area (Å²) >= 11 is 0. The minimum Gasteiger partial charge on any atom is -0.312 e. The molecule has 2 atom stereocenters. The second kappa shape index (κ2) is 7.94. The van der Waals surface area contributed by atoms with Crippen LogP contribution in [0.15, 0.2) is 0 Å². The van der Waals surface area contributed by atoms with Crippen molar-refractivity contribution in [1.82, 2.24) is 15.1 Å². The maximum Gasteiger partial charge on any atom is 0.0235 e. The van der Waals surface area contributed by atoms with Crippen LogP contribution in [0.1, 0.15) is 66.2 Å². The van der Waals surface area contributed by atoms with E-state index < -0.39 is 0 Å². The zero-order valence-corrected chi connectivity index (χ0v) is 14.8. The molecule has 0 radical (unpaired) electrons. The van der Waals surface area contributed by atoms with Gasteiger partial charge in [-0.15, -0.1) is 0 Å². The molecular weight excluding hydrogens is 258 g/mol. The van der Waals surface area contributed by atoms with E-state index >= 15 is 0 Å². The Balaban J connectivity index is 1.63. The molecule has 2 heterocycles. The van der Waals surface area contributed by atoms with Crippen molar-refractivity contribution in [2.24, 2.45) is 0 Å². The molecule has 0 saturated carbocycles. The molecule has 0 spiro atoms. The van der Waals surface area contributed by atoms with E-state index in [-0.39, 0.29) is 5.54 Å². The molecule has 2 aliphatic heterocycles. The summed E-state index contributed by atoms with van der Waals surface area (Å²) in [6.07, 6.45) is 8.31. The molecule has 2 unspecified atom stereocenters. The fourth-order valence-electron chi connectivity index (χ4n) is 3.79. The number of likely N-dealkylation sites (tertiary alicyclic amines) is 2. The Bertz CT molecular complexity index is 291. The minimum atomic E-state index is 0.260. The van der Waals surface area contributed by atoms with Crippen LogP contribution in [0.4, 0.5) is 0 Å². The van der Waals surface area contributed by atoms with E-state index in [1.54, 1.807) is 0 Å². The number of piperidine rings is 1. The van der Waals surface area contributed by atoms with Gasteiger partial charge in [0, 0.05) is 30.7 Å². The smallest absolute Gasteiger partial charge is 0.0235 e. The average Bonchev–Trinajstić information content (AvgIpc) is 2.93. The van der Waals surface area contributed by atoms with E-state index in [2.05, 4.69) is 42.8 Å². The van der Waals surface area contributed by atoms with Crippen LogP contribution < -0.4 is 5.32 Å². The SMILES string of the molecule is CC(CCCNC(C)(C)C)N1CCC(N2CCCCC2)C1. The van der Waals surface area contributed by atoms with Gasteiger partial charge in [-0.3, -0.25) is 9.80 Å². The van der Waals surface area contributed by atoms with E-state index in [1.807, 2.05) is 0 Å². The molecule has 2 fully saturated rings. The van der Waals surface area contributed by atoms with Gasteiger partial charge in [-0.2, -0.15) is 0 Å². The lowest BCUT2D eigenvalue weighted by atomic mass is 10.1. The Morgan fingerprint density at radius 3 is 2.48 bits per heavy atom. The molecule has 3 heteroatoms. The Kier molecular flexibility index (Phi) is 6.51. The van der Waals surface area contributed by atoms with Gasteiger partial charge >= 0.3 is 0 Å². The van der Waals surface area contributed by atoms with Crippen LogP contribution in [0.2, 0.25) is 0 Å². The Labute approximate surface area is 132 Å². The average molecular weight is 296 g/mol. The van der Waals surface area contributed by atoms with E-state index in [9.17, 15) is 0 Å². The van der Waals surface area contributed by atoms with Crippen molar-refractivity contribution in [3.63, 3.8) is 0 Å². The van der Waals surface area contributed by atoms with E-state index in [0.717, 1.165) is 18.6 Å². The first-order chi connectivity index (χ1) is 9.96. The lowest BCUT2D eigenvalue weighted by Gasteiger charge is -2.33. The zero-order chi connectivity index (χ0) is 15.3. The highest BCUT2D eigenvalue weighted by Crippen LogP contribution is 2.22. The molecule has 2 aliphatic rings. The second-order valence-electron chi connectivity index (χ2n) is 8.20. The third-order valence-electron chi connectivity index (χ3n) is 5.18. The van der Waals surface area contributed by atoms with Gasteiger partial charge in [0.25, 0.3) is 0 Å². The highest BCUT2D eigenvalue weighted by Gasteiger charge is 2.30. The van der Waals surface area contributed by atoms with Gasteiger partial charge in [0.05, 0.1) is 0 Å². The van der Waals surface area contributed by atoms with Gasteiger partial charge < -0.3 is 5.32 Å². The Hall–Kier alpha value is -0.120. The van der Waals surface area contributed by atoms with Crippen molar-refractivity contribution in [3.05, 3.63) is 0 Å². The molecule has 0 aliphatic carbocycles. The molecule has 0 aromatic carbocycles. The topological polar surface area (TPSA) is 18.5 Å². The van der Waals surface area contributed by atoms with Crippen LogP contribution in [0.3, 0.4) is 0 Å². The van der Waals surface area contributed by atoms with Gasteiger partial charge in [0.2, 0.25) is 0 Å². The molecular formula is C18H37N3. The largest absolute Gasteiger partial charge is 0.312 e. The third kappa shape index (κ3) is 5.88. The van der Waals surface area contributed by atoms with Crippen LogP contribution in [0.5, 0.6) is 0 Å². The molecule has 1 N–H and O–H groups in total. The van der Waals surface area contributed by atoms with Gasteiger partial charge in [-0.05, 0) is 79.4 Å². The van der Waals surface area contributed by atoms with Gasteiger partial charge in [-0.1, -0.05) is 6.42 Å². The van der Waals surface area contributed by atoms with Crippen LogP contribution in [0, 0.1) is 0 Å². The van der Waals surface area contributed by atoms with Crippen molar-refractivity contribution >= 4 is 0 Å². The lowest BCUT2D eigenvalue weighted by Crippen LogP contribution is -2.42.